The van der Waals surface area contributed by atoms with Crippen LogP contribution in [0.4, 0.5) is 10.5 Å². The first kappa shape index (κ1) is 20.8. The zero-order chi connectivity index (χ0) is 21.5. The number of ether oxygens (including phenoxy) is 2. The van der Waals surface area contributed by atoms with E-state index in [-0.39, 0.29) is 6.03 Å². The first-order valence-corrected chi connectivity index (χ1v) is 10.5. The molecule has 0 saturated carbocycles. The molecule has 1 aliphatic heterocycles. The second kappa shape index (κ2) is 10.00. The Hall–Kier alpha value is -3.51. The van der Waals surface area contributed by atoms with Gasteiger partial charge >= 0.3 is 6.03 Å². The number of amides is 2. The van der Waals surface area contributed by atoms with Gasteiger partial charge in [-0.05, 0) is 54.4 Å². The SMILES string of the molecule is COc1cccc2c1CN(CCNC(=O)Nc1ccc(Oc3ccccc3)cc1)CC2. The Bertz CT molecular complexity index is 992. The van der Waals surface area contributed by atoms with Crippen molar-refractivity contribution in [2.75, 3.05) is 32.1 Å². The minimum Gasteiger partial charge on any atom is -0.496 e. The monoisotopic (exact) mass is 417 g/mol. The van der Waals surface area contributed by atoms with Gasteiger partial charge in [-0.25, -0.2) is 4.79 Å². The summed E-state index contributed by atoms with van der Waals surface area (Å²) in [6.07, 6.45) is 0.996. The number of anilines is 1. The van der Waals surface area contributed by atoms with E-state index in [0.717, 1.165) is 49.0 Å². The zero-order valence-corrected chi connectivity index (χ0v) is 17.6. The van der Waals surface area contributed by atoms with Crippen molar-refractivity contribution in [3.63, 3.8) is 0 Å². The van der Waals surface area contributed by atoms with Gasteiger partial charge in [-0.1, -0.05) is 30.3 Å². The largest absolute Gasteiger partial charge is 0.496 e. The van der Waals surface area contributed by atoms with E-state index in [0.29, 0.717) is 6.54 Å². The van der Waals surface area contributed by atoms with Crippen LogP contribution >= 0.6 is 0 Å². The van der Waals surface area contributed by atoms with E-state index in [1.807, 2.05) is 66.7 Å². The van der Waals surface area contributed by atoms with Gasteiger partial charge < -0.3 is 20.1 Å². The first-order chi connectivity index (χ1) is 15.2. The summed E-state index contributed by atoms with van der Waals surface area (Å²) in [7, 11) is 1.71. The molecule has 0 aromatic heterocycles. The molecular formula is C25H27N3O3. The standard InChI is InChI=1S/C25H27N3O3/c1-30-24-9-5-6-19-14-16-28(18-23(19)24)17-15-26-25(29)27-20-10-12-22(13-11-20)31-21-7-3-2-4-8-21/h2-13H,14-18H2,1H3,(H2,26,27,29). The van der Waals surface area contributed by atoms with Crippen LogP contribution in [-0.4, -0.2) is 37.7 Å². The number of hydrogen-bond donors (Lipinski definition) is 2. The van der Waals surface area contributed by atoms with Crippen molar-refractivity contribution in [2.24, 2.45) is 0 Å². The Morgan fingerprint density at radius 2 is 1.74 bits per heavy atom. The van der Waals surface area contributed by atoms with Crippen LogP contribution in [0.15, 0.2) is 72.8 Å². The topological polar surface area (TPSA) is 62.8 Å². The Labute approximate surface area is 182 Å². The van der Waals surface area contributed by atoms with E-state index < -0.39 is 0 Å². The molecule has 160 valence electrons. The summed E-state index contributed by atoms with van der Waals surface area (Å²) in [4.78, 5) is 14.6. The molecule has 3 aromatic carbocycles. The van der Waals surface area contributed by atoms with Crippen molar-refractivity contribution in [1.29, 1.82) is 0 Å². The molecule has 1 heterocycles. The van der Waals surface area contributed by atoms with E-state index >= 15 is 0 Å². The highest BCUT2D eigenvalue weighted by Gasteiger charge is 2.19. The van der Waals surface area contributed by atoms with Crippen molar-refractivity contribution < 1.29 is 14.3 Å². The van der Waals surface area contributed by atoms with Crippen molar-refractivity contribution in [1.82, 2.24) is 10.2 Å². The van der Waals surface area contributed by atoms with Crippen LogP contribution in [0.5, 0.6) is 17.2 Å². The molecular weight excluding hydrogens is 390 g/mol. The number of carbonyl (C=O) groups is 1. The van der Waals surface area contributed by atoms with E-state index in [9.17, 15) is 4.79 Å². The van der Waals surface area contributed by atoms with Gasteiger partial charge in [0.05, 0.1) is 7.11 Å². The number of urea groups is 1. The lowest BCUT2D eigenvalue weighted by atomic mass is 9.99. The molecule has 0 spiro atoms. The Kier molecular flexibility index (Phi) is 6.69. The number of methoxy groups -OCH3 is 1. The number of benzene rings is 3. The second-order valence-corrected chi connectivity index (χ2v) is 7.44. The zero-order valence-electron chi connectivity index (χ0n) is 17.6. The molecule has 2 N–H and O–H groups in total. The molecule has 6 nitrogen and oxygen atoms in total. The Morgan fingerprint density at radius 3 is 2.52 bits per heavy atom. The van der Waals surface area contributed by atoms with Gasteiger partial charge in [0, 0.05) is 37.4 Å². The highest BCUT2D eigenvalue weighted by atomic mass is 16.5. The molecule has 1 aliphatic rings. The van der Waals surface area contributed by atoms with Crippen molar-refractivity contribution in [3.8, 4) is 17.2 Å². The Morgan fingerprint density at radius 1 is 0.968 bits per heavy atom. The summed E-state index contributed by atoms with van der Waals surface area (Å²) < 4.78 is 11.3. The number of nitrogens with one attached hydrogen (secondary N) is 2. The first-order valence-electron chi connectivity index (χ1n) is 10.5. The predicted molar refractivity (Wildman–Crippen MR) is 122 cm³/mol. The van der Waals surface area contributed by atoms with Crippen molar-refractivity contribution >= 4 is 11.7 Å². The minimum atomic E-state index is -0.216. The van der Waals surface area contributed by atoms with Gasteiger partial charge in [0.25, 0.3) is 0 Å². The third kappa shape index (κ3) is 5.55. The molecule has 0 unspecified atom stereocenters. The summed E-state index contributed by atoms with van der Waals surface area (Å²) in [6.45, 7) is 3.18. The highest BCUT2D eigenvalue weighted by Crippen LogP contribution is 2.27. The van der Waals surface area contributed by atoms with E-state index in [2.05, 4.69) is 21.6 Å². The maximum atomic E-state index is 12.2. The quantitative estimate of drug-likeness (QED) is 0.587. The minimum absolute atomic E-state index is 0.216. The summed E-state index contributed by atoms with van der Waals surface area (Å²) in [5.41, 5.74) is 3.31. The molecule has 0 atom stereocenters. The molecule has 0 fully saturated rings. The molecule has 3 aromatic rings. The third-order valence-corrected chi connectivity index (χ3v) is 5.33. The van der Waals surface area contributed by atoms with Gasteiger partial charge in [0.15, 0.2) is 0 Å². The molecule has 6 heteroatoms. The van der Waals surface area contributed by atoms with Gasteiger partial charge in [-0.2, -0.15) is 0 Å². The summed E-state index contributed by atoms with van der Waals surface area (Å²) >= 11 is 0. The van der Waals surface area contributed by atoms with Crippen molar-refractivity contribution in [3.05, 3.63) is 83.9 Å². The molecule has 0 radical (unpaired) electrons. The van der Waals surface area contributed by atoms with Crippen LogP contribution < -0.4 is 20.1 Å². The summed E-state index contributed by atoms with van der Waals surface area (Å²) in [6, 6.07) is 22.9. The molecule has 0 bridgehead atoms. The average Bonchev–Trinajstić information content (AvgIpc) is 2.80. The van der Waals surface area contributed by atoms with Crippen LogP contribution in [0.25, 0.3) is 0 Å². The van der Waals surface area contributed by atoms with Crippen LogP contribution in [0.3, 0.4) is 0 Å². The number of nitrogens with zero attached hydrogens (tertiary/aromatic N) is 1. The lowest BCUT2D eigenvalue weighted by Gasteiger charge is -2.29. The molecule has 2 amide bonds. The average molecular weight is 418 g/mol. The smallest absolute Gasteiger partial charge is 0.319 e. The fraction of sp³-hybridized carbons (Fsp3) is 0.240. The van der Waals surface area contributed by atoms with Gasteiger partial charge in [0.1, 0.15) is 17.2 Å². The Balaban J connectivity index is 1.22. The van der Waals surface area contributed by atoms with Gasteiger partial charge in [-0.3, -0.25) is 4.90 Å². The predicted octanol–water partition coefficient (Wildman–Crippen LogP) is 4.67. The number of hydrogen-bond acceptors (Lipinski definition) is 4. The molecule has 4 rings (SSSR count). The fourth-order valence-corrected chi connectivity index (χ4v) is 3.72. The molecule has 0 saturated heterocycles. The fourth-order valence-electron chi connectivity index (χ4n) is 3.72. The number of rotatable bonds is 7. The van der Waals surface area contributed by atoms with Gasteiger partial charge in [-0.15, -0.1) is 0 Å². The van der Waals surface area contributed by atoms with Crippen LogP contribution in [0.1, 0.15) is 11.1 Å². The summed E-state index contributed by atoms with van der Waals surface area (Å²) in [5.74, 6) is 2.43. The van der Waals surface area contributed by atoms with E-state index in [1.54, 1.807) is 7.11 Å². The van der Waals surface area contributed by atoms with Gasteiger partial charge in [0.2, 0.25) is 0 Å². The lowest BCUT2D eigenvalue weighted by molar-refractivity contribution is 0.236. The lowest BCUT2D eigenvalue weighted by Crippen LogP contribution is -2.39. The number of carbonyl (C=O) groups excluding carboxylic acids is 1. The molecule has 31 heavy (non-hydrogen) atoms. The second-order valence-electron chi connectivity index (χ2n) is 7.44. The maximum absolute atomic E-state index is 12.2. The maximum Gasteiger partial charge on any atom is 0.319 e. The van der Waals surface area contributed by atoms with Crippen LogP contribution in [0, 0.1) is 0 Å². The molecule has 0 aliphatic carbocycles. The summed E-state index contributed by atoms with van der Waals surface area (Å²) in [5, 5.41) is 5.79. The van der Waals surface area contributed by atoms with E-state index in [4.69, 9.17) is 9.47 Å². The van der Waals surface area contributed by atoms with Crippen molar-refractivity contribution in [2.45, 2.75) is 13.0 Å². The number of fused-ring (bicyclic) bond motifs is 1. The van der Waals surface area contributed by atoms with E-state index in [1.165, 1.54) is 11.1 Å². The number of para-hydroxylation sites is 1. The highest BCUT2D eigenvalue weighted by molar-refractivity contribution is 5.89. The normalized spacial score (nSPS) is 13.2. The third-order valence-electron chi connectivity index (χ3n) is 5.33. The van der Waals surface area contributed by atoms with Crippen LogP contribution in [-0.2, 0) is 13.0 Å². The van der Waals surface area contributed by atoms with Crippen LogP contribution in [0.2, 0.25) is 0 Å².